The average molecular weight is 275 g/mol. The third-order valence-corrected chi connectivity index (χ3v) is 4.39. The molecule has 3 heteroatoms. The van der Waals surface area contributed by atoms with Gasteiger partial charge in [-0.3, -0.25) is 9.88 Å². The second-order valence-corrected chi connectivity index (χ2v) is 5.89. The van der Waals surface area contributed by atoms with E-state index in [-0.39, 0.29) is 0 Å². The molecule has 1 aromatic heterocycles. The number of nitrogens with zero attached hydrogens (tertiary/aromatic N) is 2. The van der Waals surface area contributed by atoms with Gasteiger partial charge in [-0.25, -0.2) is 0 Å². The third kappa shape index (κ3) is 4.57. The van der Waals surface area contributed by atoms with Crippen LogP contribution >= 0.6 is 0 Å². The monoisotopic (exact) mass is 275 g/mol. The normalized spacial score (nSPS) is 23.1. The van der Waals surface area contributed by atoms with E-state index >= 15 is 0 Å². The Kier molecular flexibility index (Phi) is 6.48. The maximum absolute atomic E-state index is 4.11. The van der Waals surface area contributed by atoms with Gasteiger partial charge in [0.1, 0.15) is 0 Å². The molecule has 1 N–H and O–H groups in total. The molecule has 1 heterocycles. The first-order valence-corrected chi connectivity index (χ1v) is 8.19. The molecule has 0 spiro atoms. The van der Waals surface area contributed by atoms with Crippen molar-refractivity contribution in [1.82, 2.24) is 15.2 Å². The van der Waals surface area contributed by atoms with Crippen molar-refractivity contribution in [3.63, 3.8) is 0 Å². The number of nitrogens with one attached hydrogen (secondary N) is 1. The van der Waals surface area contributed by atoms with Gasteiger partial charge in [0, 0.05) is 31.0 Å². The van der Waals surface area contributed by atoms with Gasteiger partial charge in [-0.1, -0.05) is 20.3 Å². The second kappa shape index (κ2) is 8.38. The van der Waals surface area contributed by atoms with Crippen LogP contribution in [0.1, 0.15) is 51.5 Å². The van der Waals surface area contributed by atoms with Crippen molar-refractivity contribution in [2.75, 3.05) is 13.1 Å². The quantitative estimate of drug-likeness (QED) is 0.828. The Balaban J connectivity index is 1.89. The summed E-state index contributed by atoms with van der Waals surface area (Å²) in [5.41, 5.74) is 1.38. The number of hydrogen-bond donors (Lipinski definition) is 1. The zero-order valence-corrected chi connectivity index (χ0v) is 13.0. The van der Waals surface area contributed by atoms with Crippen LogP contribution < -0.4 is 5.32 Å². The highest BCUT2D eigenvalue weighted by Crippen LogP contribution is 2.24. The molecule has 2 rings (SSSR count). The molecule has 1 aliphatic carbocycles. The smallest absolute Gasteiger partial charge is 0.0271 e. The molecule has 0 aliphatic heterocycles. The fourth-order valence-electron chi connectivity index (χ4n) is 3.25. The van der Waals surface area contributed by atoms with E-state index in [0.29, 0.717) is 0 Å². The number of pyridine rings is 1. The van der Waals surface area contributed by atoms with Gasteiger partial charge >= 0.3 is 0 Å². The van der Waals surface area contributed by atoms with Gasteiger partial charge in [0.25, 0.3) is 0 Å². The van der Waals surface area contributed by atoms with E-state index in [9.17, 15) is 0 Å². The molecule has 20 heavy (non-hydrogen) atoms. The van der Waals surface area contributed by atoms with Gasteiger partial charge < -0.3 is 5.32 Å². The highest BCUT2D eigenvalue weighted by atomic mass is 15.2. The van der Waals surface area contributed by atoms with Crippen LogP contribution in [0.5, 0.6) is 0 Å². The van der Waals surface area contributed by atoms with Crippen LogP contribution in [0.3, 0.4) is 0 Å². The Hall–Kier alpha value is -0.930. The maximum Gasteiger partial charge on any atom is 0.0271 e. The van der Waals surface area contributed by atoms with E-state index in [1.165, 1.54) is 37.7 Å². The topological polar surface area (TPSA) is 28.2 Å². The van der Waals surface area contributed by atoms with Crippen molar-refractivity contribution in [1.29, 1.82) is 0 Å². The van der Waals surface area contributed by atoms with Gasteiger partial charge in [-0.15, -0.1) is 0 Å². The Morgan fingerprint density at radius 3 is 2.75 bits per heavy atom. The Bertz CT molecular complexity index is 366. The van der Waals surface area contributed by atoms with Crippen LogP contribution in [0.25, 0.3) is 0 Å². The summed E-state index contributed by atoms with van der Waals surface area (Å²) in [6, 6.07) is 5.73. The van der Waals surface area contributed by atoms with Crippen LogP contribution in [0.2, 0.25) is 0 Å². The lowest BCUT2D eigenvalue weighted by molar-refractivity contribution is 0.138. The molecule has 2 unspecified atom stereocenters. The van der Waals surface area contributed by atoms with E-state index < -0.39 is 0 Å². The van der Waals surface area contributed by atoms with Gasteiger partial charge in [0.2, 0.25) is 0 Å². The zero-order valence-electron chi connectivity index (χ0n) is 13.0. The lowest BCUT2D eigenvalue weighted by Gasteiger charge is -2.37. The molecule has 0 bridgehead atoms. The largest absolute Gasteiger partial charge is 0.314 e. The predicted molar refractivity (Wildman–Crippen MR) is 84.7 cm³/mol. The molecule has 2 atom stereocenters. The summed E-state index contributed by atoms with van der Waals surface area (Å²) in [6.45, 7) is 7.88. The average Bonchev–Trinajstić information content (AvgIpc) is 2.52. The number of aromatic nitrogens is 1. The molecule has 1 aromatic rings. The van der Waals surface area contributed by atoms with Crippen molar-refractivity contribution in [2.24, 2.45) is 0 Å². The minimum absolute atomic E-state index is 0.722. The van der Waals surface area contributed by atoms with E-state index in [4.69, 9.17) is 0 Å². The molecule has 0 aromatic carbocycles. The molecule has 1 aliphatic rings. The standard InChI is InChI=1S/C17H29N3/c1-3-10-19-16-6-5-7-17(13-16)20(4-2)14-15-8-11-18-12-9-15/h8-9,11-12,16-17,19H,3-7,10,13-14H2,1-2H3. The molecule has 0 radical (unpaired) electrons. The van der Waals surface area contributed by atoms with E-state index in [0.717, 1.165) is 31.7 Å². The van der Waals surface area contributed by atoms with Crippen LogP contribution in [0, 0.1) is 0 Å². The van der Waals surface area contributed by atoms with Crippen molar-refractivity contribution >= 4 is 0 Å². The van der Waals surface area contributed by atoms with Crippen molar-refractivity contribution in [3.05, 3.63) is 30.1 Å². The van der Waals surface area contributed by atoms with Crippen molar-refractivity contribution < 1.29 is 0 Å². The molecule has 1 saturated carbocycles. The summed E-state index contributed by atoms with van der Waals surface area (Å²) in [7, 11) is 0. The summed E-state index contributed by atoms with van der Waals surface area (Å²) < 4.78 is 0. The second-order valence-electron chi connectivity index (χ2n) is 5.89. The Morgan fingerprint density at radius 2 is 2.05 bits per heavy atom. The summed E-state index contributed by atoms with van der Waals surface area (Å²) in [5.74, 6) is 0. The Morgan fingerprint density at radius 1 is 1.25 bits per heavy atom. The summed E-state index contributed by atoms with van der Waals surface area (Å²) in [6.07, 6.45) is 10.4. The molecular weight excluding hydrogens is 246 g/mol. The van der Waals surface area contributed by atoms with E-state index in [1.54, 1.807) is 0 Å². The lowest BCUT2D eigenvalue weighted by atomic mass is 9.89. The van der Waals surface area contributed by atoms with Crippen LogP contribution in [-0.2, 0) is 6.54 Å². The lowest BCUT2D eigenvalue weighted by Crippen LogP contribution is -2.44. The molecule has 1 fully saturated rings. The highest BCUT2D eigenvalue weighted by molar-refractivity contribution is 5.09. The molecular formula is C17H29N3. The van der Waals surface area contributed by atoms with Gasteiger partial charge in [-0.05, 0) is 56.5 Å². The maximum atomic E-state index is 4.11. The summed E-state index contributed by atoms with van der Waals surface area (Å²) in [5, 5.41) is 3.71. The van der Waals surface area contributed by atoms with Gasteiger partial charge in [-0.2, -0.15) is 0 Å². The van der Waals surface area contributed by atoms with Crippen molar-refractivity contribution in [2.45, 2.75) is 64.6 Å². The van der Waals surface area contributed by atoms with Crippen LogP contribution in [0.4, 0.5) is 0 Å². The predicted octanol–water partition coefficient (Wildman–Crippen LogP) is 3.21. The zero-order chi connectivity index (χ0) is 14.2. The Labute approximate surface area is 123 Å². The first kappa shape index (κ1) is 15.5. The number of rotatable bonds is 7. The first-order valence-electron chi connectivity index (χ1n) is 8.19. The fraction of sp³-hybridized carbons (Fsp3) is 0.706. The highest BCUT2D eigenvalue weighted by Gasteiger charge is 2.25. The first-order chi connectivity index (χ1) is 9.83. The summed E-state index contributed by atoms with van der Waals surface area (Å²) in [4.78, 5) is 6.74. The molecule has 0 amide bonds. The SMILES string of the molecule is CCCNC1CCCC(N(CC)Cc2ccncc2)C1. The molecule has 112 valence electrons. The van der Waals surface area contributed by atoms with Gasteiger partial charge in [0.05, 0.1) is 0 Å². The summed E-state index contributed by atoms with van der Waals surface area (Å²) >= 11 is 0. The molecule has 0 saturated heterocycles. The third-order valence-electron chi connectivity index (χ3n) is 4.39. The van der Waals surface area contributed by atoms with Gasteiger partial charge in [0.15, 0.2) is 0 Å². The van der Waals surface area contributed by atoms with Crippen LogP contribution in [0.15, 0.2) is 24.5 Å². The fourth-order valence-corrected chi connectivity index (χ4v) is 3.25. The van der Waals surface area contributed by atoms with E-state index in [2.05, 4.69) is 41.2 Å². The van der Waals surface area contributed by atoms with Crippen LogP contribution in [-0.4, -0.2) is 35.1 Å². The van der Waals surface area contributed by atoms with Crippen molar-refractivity contribution in [3.8, 4) is 0 Å². The molecule has 3 nitrogen and oxygen atoms in total. The minimum Gasteiger partial charge on any atom is -0.314 e. The van der Waals surface area contributed by atoms with E-state index in [1.807, 2.05) is 12.4 Å². The number of hydrogen-bond acceptors (Lipinski definition) is 3. The minimum atomic E-state index is 0.722.